The molecule has 2 aromatic carbocycles. The first kappa shape index (κ1) is 23.6. The molecule has 0 aliphatic heterocycles. The molecule has 0 spiro atoms. The second kappa shape index (κ2) is 12.8. The zero-order chi connectivity index (χ0) is 21.8. The van der Waals surface area contributed by atoms with Crippen LogP contribution >= 0.6 is 20.2 Å². The molecule has 1 heterocycles. The van der Waals surface area contributed by atoms with Gasteiger partial charge in [0, 0.05) is 12.1 Å². The zero-order valence-corrected chi connectivity index (χ0v) is 17.7. The van der Waals surface area contributed by atoms with Crippen LogP contribution in [0.25, 0.3) is 0 Å². The van der Waals surface area contributed by atoms with Gasteiger partial charge < -0.3 is 9.87 Å². The zero-order valence-electron chi connectivity index (χ0n) is 15.1. The Morgan fingerprint density at radius 2 is 1.40 bits per heavy atom. The quantitative estimate of drug-likeness (QED) is 0.158. The SMILES string of the molecule is NOOc1ccc(N=Cc2ccc(C=Nc3ccc([N+](=O)[O-])cc3)[nH]2)cc1.[Cl][Fe][Cl]. The van der Waals surface area contributed by atoms with E-state index in [-0.39, 0.29) is 18.8 Å². The molecule has 0 saturated carbocycles. The predicted octanol–water partition coefficient (Wildman–Crippen LogP) is 4.98. The molecule has 9 nitrogen and oxygen atoms in total. The fourth-order valence-electron chi connectivity index (χ4n) is 2.17. The number of halogens is 2. The average Bonchev–Trinajstić information content (AvgIpc) is 3.21. The molecule has 0 fully saturated rings. The van der Waals surface area contributed by atoms with Crippen LogP contribution in [-0.2, 0) is 18.1 Å². The second-order valence-corrected chi connectivity index (χ2v) is 7.21. The molecule has 158 valence electrons. The van der Waals surface area contributed by atoms with Crippen LogP contribution in [0.15, 0.2) is 70.6 Å². The normalized spacial score (nSPS) is 10.9. The summed E-state index contributed by atoms with van der Waals surface area (Å²) in [6.45, 7) is 0. The minimum absolute atomic E-state index is 0.0301. The monoisotopic (exact) mass is 491 g/mol. The predicted molar refractivity (Wildman–Crippen MR) is 112 cm³/mol. The van der Waals surface area contributed by atoms with E-state index in [4.69, 9.17) is 26.1 Å². The molecule has 0 aliphatic carbocycles. The van der Waals surface area contributed by atoms with Gasteiger partial charge in [-0.15, -0.1) is 0 Å². The number of H-pyrrole nitrogens is 1. The number of nitrogens with two attached hydrogens (primary N) is 1. The van der Waals surface area contributed by atoms with E-state index >= 15 is 0 Å². The molecule has 0 bridgehead atoms. The van der Waals surface area contributed by atoms with Crippen molar-refractivity contribution in [2.75, 3.05) is 0 Å². The van der Waals surface area contributed by atoms with E-state index in [1.807, 2.05) is 12.1 Å². The summed E-state index contributed by atoms with van der Waals surface area (Å²) >= 11 is 0.194. The van der Waals surface area contributed by atoms with Crippen LogP contribution in [0.4, 0.5) is 17.1 Å². The summed E-state index contributed by atoms with van der Waals surface area (Å²) in [5, 5.41) is 10.6. The van der Waals surface area contributed by atoms with Gasteiger partial charge in [0.05, 0.1) is 40.1 Å². The number of aliphatic imine (C=N–C) groups is 2. The van der Waals surface area contributed by atoms with Crippen molar-refractivity contribution in [3.8, 4) is 5.75 Å². The van der Waals surface area contributed by atoms with Gasteiger partial charge in [-0.1, -0.05) is 4.99 Å². The molecular formula is C18H15Cl2FeN5O4. The number of aromatic nitrogens is 1. The van der Waals surface area contributed by atoms with Crippen molar-refractivity contribution >= 4 is 49.7 Å². The fourth-order valence-corrected chi connectivity index (χ4v) is 2.17. The molecule has 3 aromatic rings. The van der Waals surface area contributed by atoms with E-state index in [1.54, 1.807) is 48.8 Å². The van der Waals surface area contributed by atoms with Gasteiger partial charge in [-0.2, -0.15) is 5.90 Å². The van der Waals surface area contributed by atoms with E-state index in [2.05, 4.69) is 24.8 Å². The third-order valence-electron chi connectivity index (χ3n) is 3.48. The number of non-ortho nitro benzene ring substituents is 1. The first-order chi connectivity index (χ1) is 14.5. The van der Waals surface area contributed by atoms with Gasteiger partial charge in [0.25, 0.3) is 5.69 Å². The van der Waals surface area contributed by atoms with Crippen LogP contribution in [0.1, 0.15) is 11.4 Å². The van der Waals surface area contributed by atoms with Crippen molar-refractivity contribution < 1.29 is 27.9 Å². The maximum absolute atomic E-state index is 10.6. The standard InChI is InChI=1S/C18H15N5O4.2ClH.Fe/c19-27-26-18-9-5-14(6-10-18)21-12-16-2-1-15(22-16)11-20-13-3-7-17(8-4-13)23(24)25;;;/h1-12,22H,19H2;2*1H;/q;;;+2/p-2. The molecule has 0 amide bonds. The first-order valence-electron chi connectivity index (χ1n) is 8.06. The number of rotatable bonds is 7. The Bertz CT molecular complexity index is 995. The van der Waals surface area contributed by atoms with Gasteiger partial charge in [-0.05, 0) is 48.5 Å². The van der Waals surface area contributed by atoms with E-state index in [9.17, 15) is 10.1 Å². The van der Waals surface area contributed by atoms with Crippen LogP contribution in [-0.4, -0.2) is 22.3 Å². The van der Waals surface area contributed by atoms with E-state index in [1.165, 1.54) is 12.1 Å². The number of nitrogens with zero attached hydrogens (tertiary/aromatic N) is 3. The number of nitro groups is 1. The Hall–Kier alpha value is -2.72. The summed E-state index contributed by atoms with van der Waals surface area (Å²) < 4.78 is 0. The molecule has 0 atom stereocenters. The molecule has 0 unspecified atom stereocenters. The Labute approximate surface area is 186 Å². The van der Waals surface area contributed by atoms with Crippen molar-refractivity contribution in [2.45, 2.75) is 0 Å². The third-order valence-corrected chi connectivity index (χ3v) is 3.48. The molecule has 12 heteroatoms. The van der Waals surface area contributed by atoms with Gasteiger partial charge in [0.1, 0.15) is 0 Å². The van der Waals surface area contributed by atoms with Crippen LogP contribution in [0.3, 0.4) is 0 Å². The van der Waals surface area contributed by atoms with E-state index in [0.29, 0.717) is 11.4 Å². The van der Waals surface area contributed by atoms with Crippen LogP contribution < -0.4 is 10.8 Å². The summed E-state index contributed by atoms with van der Waals surface area (Å²) in [6.07, 6.45) is 3.32. The van der Waals surface area contributed by atoms with Crippen LogP contribution in [0, 0.1) is 10.1 Å². The number of nitro benzene ring substituents is 1. The Balaban J connectivity index is 0.00000101. The fraction of sp³-hybridized carbons (Fsp3) is 0. The van der Waals surface area contributed by atoms with Gasteiger partial charge in [-0.3, -0.25) is 20.1 Å². The molecule has 0 aliphatic rings. The summed E-state index contributed by atoms with van der Waals surface area (Å²) in [5.74, 6) is 5.30. The number of nitrogens with one attached hydrogen (secondary N) is 1. The number of benzene rings is 2. The molecular weight excluding hydrogens is 477 g/mol. The van der Waals surface area contributed by atoms with Crippen molar-refractivity contribution in [2.24, 2.45) is 15.9 Å². The Morgan fingerprint density at radius 3 is 1.83 bits per heavy atom. The molecule has 1 aromatic heterocycles. The molecule has 0 radical (unpaired) electrons. The van der Waals surface area contributed by atoms with Crippen molar-refractivity contribution in [1.29, 1.82) is 0 Å². The van der Waals surface area contributed by atoms with E-state index in [0.717, 1.165) is 17.1 Å². The number of aromatic amines is 1. The average molecular weight is 492 g/mol. The third kappa shape index (κ3) is 7.96. The molecule has 30 heavy (non-hydrogen) atoms. The maximum atomic E-state index is 10.6. The van der Waals surface area contributed by atoms with Gasteiger partial charge in [-0.25, -0.2) is 0 Å². The van der Waals surface area contributed by atoms with Crippen LogP contribution in [0.2, 0.25) is 0 Å². The minimum atomic E-state index is -0.448. The summed E-state index contributed by atoms with van der Waals surface area (Å²) in [6, 6.07) is 16.6. The second-order valence-electron chi connectivity index (χ2n) is 5.38. The van der Waals surface area contributed by atoms with Crippen molar-refractivity contribution in [3.63, 3.8) is 0 Å². The van der Waals surface area contributed by atoms with Gasteiger partial charge in [0.15, 0.2) is 5.75 Å². The van der Waals surface area contributed by atoms with Crippen molar-refractivity contribution in [1.82, 2.24) is 4.98 Å². The molecule has 3 N–H and O–H groups in total. The number of hydrogen-bond donors (Lipinski definition) is 2. The summed E-state index contributed by atoms with van der Waals surface area (Å²) in [7, 11) is 9.53. The summed E-state index contributed by atoms with van der Waals surface area (Å²) in [4.78, 5) is 30.7. The first-order valence-corrected chi connectivity index (χ1v) is 11.1. The van der Waals surface area contributed by atoms with Crippen molar-refractivity contribution in [3.05, 3.63) is 82.2 Å². The van der Waals surface area contributed by atoms with Gasteiger partial charge >= 0.3 is 33.3 Å². The topological polar surface area (TPSA) is 128 Å². The van der Waals surface area contributed by atoms with Gasteiger partial charge in [0.2, 0.25) is 0 Å². The molecule has 3 rings (SSSR count). The Morgan fingerprint density at radius 1 is 0.933 bits per heavy atom. The van der Waals surface area contributed by atoms with Crippen LogP contribution in [0.5, 0.6) is 5.75 Å². The van der Waals surface area contributed by atoms with E-state index < -0.39 is 4.92 Å². The molecule has 0 saturated heterocycles. The Kier molecular flexibility index (Phi) is 10.0. The number of hydrogen-bond acceptors (Lipinski definition) is 7. The summed E-state index contributed by atoms with van der Waals surface area (Å²) in [5.41, 5.74) is 2.95.